The molecule has 0 atom stereocenters. The highest BCUT2D eigenvalue weighted by atomic mass is 16.5. The molecular weight excluding hydrogens is 354 g/mol. The summed E-state index contributed by atoms with van der Waals surface area (Å²) in [5.41, 5.74) is 1.10. The van der Waals surface area contributed by atoms with Crippen LogP contribution in [0.5, 0.6) is 11.5 Å². The van der Waals surface area contributed by atoms with Gasteiger partial charge in [0, 0.05) is 20.2 Å². The molecular formula is C22H31N3O3. The summed E-state index contributed by atoms with van der Waals surface area (Å²) in [5.74, 6) is 2.53. The van der Waals surface area contributed by atoms with Gasteiger partial charge in [0.25, 0.3) is 0 Å². The third-order valence-electron chi connectivity index (χ3n) is 3.84. The molecule has 0 fully saturated rings. The van der Waals surface area contributed by atoms with Crippen LogP contribution in [0, 0.1) is 0 Å². The number of ether oxygens (including phenoxy) is 3. The average Bonchev–Trinajstić information content (AvgIpc) is 2.73. The fraction of sp³-hybridized carbons (Fsp3) is 0.409. The zero-order valence-corrected chi connectivity index (χ0v) is 16.8. The highest BCUT2D eigenvalue weighted by Gasteiger charge is 2.00. The van der Waals surface area contributed by atoms with Crippen molar-refractivity contribution in [2.24, 2.45) is 4.99 Å². The summed E-state index contributed by atoms with van der Waals surface area (Å²) < 4.78 is 16.4. The molecule has 0 saturated heterocycles. The summed E-state index contributed by atoms with van der Waals surface area (Å²) in [5, 5.41) is 6.61. The molecule has 28 heavy (non-hydrogen) atoms. The van der Waals surface area contributed by atoms with Gasteiger partial charge in [-0.3, -0.25) is 0 Å². The number of nitrogens with zero attached hydrogens (tertiary/aromatic N) is 1. The Morgan fingerprint density at radius 1 is 0.893 bits per heavy atom. The molecule has 2 N–H and O–H groups in total. The SMILES string of the molecule is CCNC(=NCc1cccc(OCCOC)c1)NCCCOc1ccccc1. The summed E-state index contributed by atoms with van der Waals surface area (Å²) in [6.07, 6.45) is 0.891. The summed E-state index contributed by atoms with van der Waals surface area (Å²) in [6.45, 7) is 6.02. The maximum absolute atomic E-state index is 5.71. The molecule has 0 bridgehead atoms. The summed E-state index contributed by atoms with van der Waals surface area (Å²) in [7, 11) is 1.66. The van der Waals surface area contributed by atoms with Gasteiger partial charge < -0.3 is 24.8 Å². The Hall–Kier alpha value is -2.73. The van der Waals surface area contributed by atoms with E-state index in [0.29, 0.717) is 26.4 Å². The van der Waals surface area contributed by atoms with Crippen molar-refractivity contribution in [1.29, 1.82) is 0 Å². The lowest BCUT2D eigenvalue weighted by atomic mass is 10.2. The van der Waals surface area contributed by atoms with Crippen LogP contribution in [0.3, 0.4) is 0 Å². The number of aliphatic imine (C=N–C) groups is 1. The molecule has 0 heterocycles. The first-order valence-electron chi connectivity index (χ1n) is 9.72. The molecule has 0 aromatic heterocycles. The second-order valence-corrected chi connectivity index (χ2v) is 6.13. The normalized spacial score (nSPS) is 11.1. The van der Waals surface area contributed by atoms with E-state index in [0.717, 1.165) is 42.5 Å². The Morgan fingerprint density at radius 2 is 1.68 bits per heavy atom. The van der Waals surface area contributed by atoms with Crippen molar-refractivity contribution in [1.82, 2.24) is 10.6 Å². The van der Waals surface area contributed by atoms with Gasteiger partial charge in [-0.1, -0.05) is 30.3 Å². The number of guanidine groups is 1. The zero-order chi connectivity index (χ0) is 19.9. The van der Waals surface area contributed by atoms with Crippen LogP contribution >= 0.6 is 0 Å². The van der Waals surface area contributed by atoms with E-state index in [1.54, 1.807) is 7.11 Å². The van der Waals surface area contributed by atoms with Gasteiger partial charge in [0.15, 0.2) is 5.96 Å². The third-order valence-corrected chi connectivity index (χ3v) is 3.84. The standard InChI is InChI=1S/C22H31N3O3/c1-3-23-22(24-13-8-14-27-20-10-5-4-6-11-20)25-18-19-9-7-12-21(17-19)28-16-15-26-2/h4-7,9-12,17H,3,8,13-16,18H2,1-2H3,(H2,23,24,25). The van der Waals surface area contributed by atoms with Gasteiger partial charge in [0.05, 0.1) is 19.8 Å². The number of methoxy groups -OCH3 is 1. The fourth-order valence-corrected chi connectivity index (χ4v) is 2.47. The van der Waals surface area contributed by atoms with Gasteiger partial charge in [-0.05, 0) is 43.2 Å². The first-order valence-corrected chi connectivity index (χ1v) is 9.72. The highest BCUT2D eigenvalue weighted by Crippen LogP contribution is 2.14. The number of hydrogen-bond donors (Lipinski definition) is 2. The summed E-state index contributed by atoms with van der Waals surface area (Å²) >= 11 is 0. The fourth-order valence-electron chi connectivity index (χ4n) is 2.47. The number of nitrogens with one attached hydrogen (secondary N) is 2. The Bertz CT molecular complexity index is 692. The molecule has 0 aliphatic rings. The van der Waals surface area contributed by atoms with Crippen LogP contribution in [0.2, 0.25) is 0 Å². The lowest BCUT2D eigenvalue weighted by Gasteiger charge is -2.12. The quantitative estimate of drug-likeness (QED) is 0.334. The highest BCUT2D eigenvalue weighted by molar-refractivity contribution is 5.79. The molecule has 2 rings (SSSR count). The van der Waals surface area contributed by atoms with Gasteiger partial charge in [0.1, 0.15) is 18.1 Å². The molecule has 0 amide bonds. The van der Waals surface area contributed by atoms with Crippen LogP contribution in [-0.4, -0.2) is 46.0 Å². The van der Waals surface area contributed by atoms with E-state index in [1.165, 1.54) is 0 Å². The molecule has 0 aliphatic carbocycles. The van der Waals surface area contributed by atoms with Gasteiger partial charge in [-0.2, -0.15) is 0 Å². The van der Waals surface area contributed by atoms with E-state index in [-0.39, 0.29) is 0 Å². The van der Waals surface area contributed by atoms with E-state index < -0.39 is 0 Å². The van der Waals surface area contributed by atoms with Gasteiger partial charge in [0.2, 0.25) is 0 Å². The topological polar surface area (TPSA) is 64.1 Å². The minimum atomic E-state index is 0.540. The number of benzene rings is 2. The van der Waals surface area contributed by atoms with Gasteiger partial charge >= 0.3 is 0 Å². The Kier molecular flexibility index (Phi) is 10.4. The first kappa shape index (κ1) is 21.6. The van der Waals surface area contributed by atoms with Crippen molar-refractivity contribution in [2.75, 3.05) is 40.0 Å². The monoisotopic (exact) mass is 385 g/mol. The van der Waals surface area contributed by atoms with Crippen LogP contribution < -0.4 is 20.1 Å². The van der Waals surface area contributed by atoms with Gasteiger partial charge in [-0.25, -0.2) is 4.99 Å². The third kappa shape index (κ3) is 8.77. The largest absolute Gasteiger partial charge is 0.494 e. The molecule has 6 heteroatoms. The molecule has 152 valence electrons. The van der Waals surface area contributed by atoms with Crippen molar-refractivity contribution in [3.63, 3.8) is 0 Å². The van der Waals surface area contributed by atoms with E-state index in [9.17, 15) is 0 Å². The predicted molar refractivity (Wildman–Crippen MR) is 113 cm³/mol. The summed E-state index contributed by atoms with van der Waals surface area (Å²) in [6, 6.07) is 17.8. The van der Waals surface area contributed by atoms with Crippen LogP contribution in [0.25, 0.3) is 0 Å². The smallest absolute Gasteiger partial charge is 0.191 e. The molecule has 0 spiro atoms. The predicted octanol–water partition coefficient (Wildman–Crippen LogP) is 3.24. The summed E-state index contributed by atoms with van der Waals surface area (Å²) in [4.78, 5) is 4.65. The Morgan fingerprint density at radius 3 is 2.46 bits per heavy atom. The van der Waals surface area contributed by atoms with Crippen molar-refractivity contribution in [3.05, 3.63) is 60.2 Å². The van der Waals surface area contributed by atoms with E-state index >= 15 is 0 Å². The second kappa shape index (κ2) is 13.4. The Balaban J connectivity index is 1.75. The molecule has 6 nitrogen and oxygen atoms in total. The zero-order valence-electron chi connectivity index (χ0n) is 16.8. The molecule has 2 aromatic rings. The second-order valence-electron chi connectivity index (χ2n) is 6.13. The van der Waals surface area contributed by atoms with Crippen molar-refractivity contribution in [3.8, 4) is 11.5 Å². The minimum Gasteiger partial charge on any atom is -0.494 e. The van der Waals surface area contributed by atoms with Crippen molar-refractivity contribution in [2.45, 2.75) is 19.9 Å². The van der Waals surface area contributed by atoms with Crippen LogP contribution in [0.4, 0.5) is 0 Å². The molecule has 2 aromatic carbocycles. The lowest BCUT2D eigenvalue weighted by molar-refractivity contribution is 0.146. The molecule has 0 radical (unpaired) electrons. The van der Waals surface area contributed by atoms with Gasteiger partial charge in [-0.15, -0.1) is 0 Å². The maximum atomic E-state index is 5.71. The van der Waals surface area contributed by atoms with Crippen LogP contribution in [-0.2, 0) is 11.3 Å². The van der Waals surface area contributed by atoms with Crippen LogP contribution in [0.1, 0.15) is 18.9 Å². The minimum absolute atomic E-state index is 0.540. The average molecular weight is 386 g/mol. The van der Waals surface area contributed by atoms with Crippen molar-refractivity contribution < 1.29 is 14.2 Å². The Labute approximate surface area is 167 Å². The molecule has 0 unspecified atom stereocenters. The van der Waals surface area contributed by atoms with Crippen molar-refractivity contribution >= 4 is 5.96 Å². The van der Waals surface area contributed by atoms with Crippen LogP contribution in [0.15, 0.2) is 59.6 Å². The van der Waals surface area contributed by atoms with E-state index in [4.69, 9.17) is 14.2 Å². The lowest BCUT2D eigenvalue weighted by Crippen LogP contribution is -2.38. The number of hydrogen-bond acceptors (Lipinski definition) is 4. The maximum Gasteiger partial charge on any atom is 0.191 e. The molecule has 0 aliphatic heterocycles. The molecule has 0 saturated carbocycles. The first-order chi connectivity index (χ1) is 13.8. The van der Waals surface area contributed by atoms with E-state index in [2.05, 4.69) is 22.5 Å². The number of para-hydroxylation sites is 1. The van der Waals surface area contributed by atoms with E-state index in [1.807, 2.05) is 54.6 Å². The number of rotatable bonds is 12.